The van der Waals surface area contributed by atoms with E-state index in [1.165, 1.54) is 0 Å². The van der Waals surface area contributed by atoms with Crippen LogP contribution in [0.5, 0.6) is 0 Å². The molecule has 0 aromatic carbocycles. The summed E-state index contributed by atoms with van der Waals surface area (Å²) < 4.78 is 62.3. The first-order valence-corrected chi connectivity index (χ1v) is 4.51. The van der Waals surface area contributed by atoms with Crippen molar-refractivity contribution in [3.8, 4) is 0 Å². The molecule has 1 aromatic rings. The summed E-state index contributed by atoms with van der Waals surface area (Å²) in [6.45, 7) is 0. The standard InChI is InChI=1S/C8H6ClF5N2/c9-1-3-5(6(10)11)4(8(12,13)14)2-16-7(3)15/h2,6H,1H2,(H2,15,16). The molecule has 0 unspecified atom stereocenters. The summed E-state index contributed by atoms with van der Waals surface area (Å²) in [5, 5.41) is 0. The lowest BCUT2D eigenvalue weighted by molar-refractivity contribution is -0.139. The van der Waals surface area contributed by atoms with E-state index in [0.29, 0.717) is 0 Å². The van der Waals surface area contributed by atoms with E-state index < -0.39 is 41.0 Å². The molecule has 16 heavy (non-hydrogen) atoms. The summed E-state index contributed by atoms with van der Waals surface area (Å²) in [4.78, 5) is 3.20. The van der Waals surface area contributed by atoms with Crippen molar-refractivity contribution < 1.29 is 22.0 Å². The van der Waals surface area contributed by atoms with E-state index in [1.54, 1.807) is 0 Å². The fourth-order valence-corrected chi connectivity index (χ4v) is 1.48. The minimum absolute atomic E-state index is 0.285. The fourth-order valence-electron chi connectivity index (χ4n) is 1.20. The highest BCUT2D eigenvalue weighted by atomic mass is 35.5. The zero-order valence-electron chi connectivity index (χ0n) is 7.65. The van der Waals surface area contributed by atoms with Crippen LogP contribution in [-0.4, -0.2) is 4.98 Å². The minimum Gasteiger partial charge on any atom is -0.383 e. The Morgan fingerprint density at radius 2 is 1.94 bits per heavy atom. The average molecular weight is 261 g/mol. The Balaban J connectivity index is 3.52. The Kier molecular flexibility index (Phi) is 3.57. The van der Waals surface area contributed by atoms with Crippen LogP contribution in [0.4, 0.5) is 27.8 Å². The molecule has 0 aliphatic carbocycles. The number of alkyl halides is 6. The van der Waals surface area contributed by atoms with E-state index in [9.17, 15) is 22.0 Å². The second-order valence-corrected chi connectivity index (χ2v) is 3.15. The van der Waals surface area contributed by atoms with Gasteiger partial charge in [0.05, 0.1) is 11.4 Å². The SMILES string of the molecule is Nc1ncc(C(F)(F)F)c(C(F)F)c1CCl. The first-order chi connectivity index (χ1) is 7.29. The predicted octanol–water partition coefficient (Wildman–Crippen LogP) is 3.36. The first kappa shape index (κ1) is 13.0. The molecule has 1 aromatic heterocycles. The molecule has 0 aliphatic rings. The maximum absolute atomic E-state index is 12.5. The number of aromatic nitrogens is 1. The highest BCUT2D eigenvalue weighted by Gasteiger charge is 2.38. The second-order valence-electron chi connectivity index (χ2n) is 2.88. The topological polar surface area (TPSA) is 38.9 Å². The summed E-state index contributed by atoms with van der Waals surface area (Å²) in [7, 11) is 0. The summed E-state index contributed by atoms with van der Waals surface area (Å²) in [5.74, 6) is -0.971. The van der Waals surface area contributed by atoms with Gasteiger partial charge in [-0.25, -0.2) is 13.8 Å². The number of rotatable bonds is 2. The van der Waals surface area contributed by atoms with Crippen LogP contribution in [0.15, 0.2) is 6.20 Å². The molecule has 0 radical (unpaired) electrons. The lowest BCUT2D eigenvalue weighted by Gasteiger charge is -2.15. The fraction of sp³-hybridized carbons (Fsp3) is 0.375. The Bertz CT molecular complexity index is 391. The van der Waals surface area contributed by atoms with Crippen LogP contribution in [-0.2, 0) is 12.1 Å². The zero-order chi connectivity index (χ0) is 12.5. The van der Waals surface area contributed by atoms with Gasteiger partial charge in [-0.15, -0.1) is 11.6 Å². The maximum atomic E-state index is 12.5. The van der Waals surface area contributed by atoms with Crippen molar-refractivity contribution in [1.82, 2.24) is 4.98 Å². The van der Waals surface area contributed by atoms with E-state index in [2.05, 4.69) is 4.98 Å². The van der Waals surface area contributed by atoms with E-state index >= 15 is 0 Å². The largest absolute Gasteiger partial charge is 0.418 e. The quantitative estimate of drug-likeness (QED) is 0.654. The van der Waals surface area contributed by atoms with Crippen molar-refractivity contribution >= 4 is 17.4 Å². The van der Waals surface area contributed by atoms with Gasteiger partial charge in [-0.2, -0.15) is 13.2 Å². The second kappa shape index (κ2) is 4.40. The summed E-state index contributed by atoms with van der Waals surface area (Å²) in [6.07, 6.45) is -7.93. The third-order valence-electron chi connectivity index (χ3n) is 1.91. The van der Waals surface area contributed by atoms with Gasteiger partial charge in [0.15, 0.2) is 0 Å². The lowest BCUT2D eigenvalue weighted by atomic mass is 10.0. The van der Waals surface area contributed by atoms with Crippen LogP contribution < -0.4 is 5.73 Å². The molecule has 0 fully saturated rings. The normalized spacial score (nSPS) is 12.2. The molecule has 1 heterocycles. The number of nitrogens with zero attached hydrogens (tertiary/aromatic N) is 1. The van der Waals surface area contributed by atoms with Crippen LogP contribution in [0.1, 0.15) is 23.1 Å². The van der Waals surface area contributed by atoms with Crippen molar-refractivity contribution in [3.63, 3.8) is 0 Å². The van der Waals surface area contributed by atoms with Crippen LogP contribution in [0.2, 0.25) is 0 Å². The summed E-state index contributed by atoms with van der Waals surface area (Å²) in [5.41, 5.74) is 2.00. The number of nitrogen functional groups attached to an aromatic ring is 1. The van der Waals surface area contributed by atoms with Crippen molar-refractivity contribution in [1.29, 1.82) is 0 Å². The average Bonchev–Trinajstić information content (AvgIpc) is 2.14. The van der Waals surface area contributed by atoms with Gasteiger partial charge < -0.3 is 5.73 Å². The van der Waals surface area contributed by atoms with E-state index in [4.69, 9.17) is 17.3 Å². The van der Waals surface area contributed by atoms with E-state index in [0.717, 1.165) is 0 Å². The highest BCUT2D eigenvalue weighted by molar-refractivity contribution is 6.17. The summed E-state index contributed by atoms with van der Waals surface area (Å²) >= 11 is 5.28. The van der Waals surface area contributed by atoms with Crippen molar-refractivity contribution in [2.24, 2.45) is 0 Å². The van der Waals surface area contributed by atoms with Gasteiger partial charge in [0.1, 0.15) is 5.82 Å². The number of hydrogen-bond acceptors (Lipinski definition) is 2. The van der Waals surface area contributed by atoms with Crippen molar-refractivity contribution in [2.45, 2.75) is 18.5 Å². The molecule has 0 atom stereocenters. The molecule has 90 valence electrons. The molecule has 1 rings (SSSR count). The molecule has 0 aliphatic heterocycles. The number of halogens is 6. The molecule has 0 amide bonds. The molecule has 0 bridgehead atoms. The van der Waals surface area contributed by atoms with Gasteiger partial charge in [0, 0.05) is 17.3 Å². The smallest absolute Gasteiger partial charge is 0.383 e. The third-order valence-corrected chi connectivity index (χ3v) is 2.18. The zero-order valence-corrected chi connectivity index (χ0v) is 8.41. The van der Waals surface area contributed by atoms with Gasteiger partial charge in [0.25, 0.3) is 6.43 Å². The lowest BCUT2D eigenvalue weighted by Crippen LogP contribution is -2.14. The molecule has 0 saturated heterocycles. The molecule has 2 N–H and O–H groups in total. The van der Waals surface area contributed by atoms with Crippen LogP contribution in [0.3, 0.4) is 0 Å². The van der Waals surface area contributed by atoms with E-state index in [1.807, 2.05) is 0 Å². The molecule has 0 saturated carbocycles. The van der Waals surface area contributed by atoms with Crippen molar-refractivity contribution in [3.05, 3.63) is 22.9 Å². The Morgan fingerprint density at radius 3 is 2.31 bits per heavy atom. The van der Waals surface area contributed by atoms with E-state index in [-0.39, 0.29) is 6.20 Å². The number of hydrogen-bond donors (Lipinski definition) is 1. The number of nitrogens with two attached hydrogens (primary N) is 1. The van der Waals surface area contributed by atoms with Crippen molar-refractivity contribution in [2.75, 3.05) is 5.73 Å². The van der Waals surface area contributed by atoms with Gasteiger partial charge in [0.2, 0.25) is 0 Å². The van der Waals surface area contributed by atoms with Gasteiger partial charge in [-0.05, 0) is 0 Å². The molecular weight excluding hydrogens is 255 g/mol. The highest BCUT2D eigenvalue weighted by Crippen LogP contribution is 2.39. The number of pyridine rings is 1. The van der Waals surface area contributed by atoms with Crippen LogP contribution >= 0.6 is 11.6 Å². The number of anilines is 1. The minimum atomic E-state index is -4.91. The molecular formula is C8H6ClF5N2. The Morgan fingerprint density at radius 1 is 1.38 bits per heavy atom. The van der Waals surface area contributed by atoms with Crippen LogP contribution in [0, 0.1) is 0 Å². The predicted molar refractivity (Wildman–Crippen MR) is 48.2 cm³/mol. The Labute approximate surface area is 92.2 Å². The molecule has 2 nitrogen and oxygen atoms in total. The Hall–Kier alpha value is -1.11. The van der Waals surface area contributed by atoms with Gasteiger partial charge >= 0.3 is 6.18 Å². The maximum Gasteiger partial charge on any atom is 0.418 e. The monoisotopic (exact) mass is 260 g/mol. The first-order valence-electron chi connectivity index (χ1n) is 3.97. The third kappa shape index (κ3) is 2.34. The van der Waals surface area contributed by atoms with Gasteiger partial charge in [-0.1, -0.05) is 0 Å². The molecule has 0 spiro atoms. The molecule has 8 heteroatoms. The van der Waals surface area contributed by atoms with Gasteiger partial charge in [-0.3, -0.25) is 0 Å². The van der Waals surface area contributed by atoms with Crippen LogP contribution in [0.25, 0.3) is 0 Å². The summed E-state index contributed by atoms with van der Waals surface area (Å²) in [6, 6.07) is 0.